The maximum absolute atomic E-state index is 12.0. The topological polar surface area (TPSA) is 72.9 Å². The van der Waals surface area contributed by atoms with Crippen molar-refractivity contribution in [1.82, 2.24) is 9.78 Å². The zero-order chi connectivity index (χ0) is 15.6. The number of rotatable bonds is 4. The van der Waals surface area contributed by atoms with Gasteiger partial charge in [-0.25, -0.2) is 0 Å². The molecule has 1 aromatic heterocycles. The molecule has 0 bridgehead atoms. The summed E-state index contributed by atoms with van der Waals surface area (Å²) in [7, 11) is 1.85. The Labute approximate surface area is 132 Å². The number of thioether (sulfide) groups is 1. The summed E-state index contributed by atoms with van der Waals surface area (Å²) < 4.78 is 1.75. The van der Waals surface area contributed by atoms with Crippen molar-refractivity contribution in [3.8, 4) is 0 Å². The number of nitrogens with two attached hydrogens (primary N) is 1. The first-order chi connectivity index (χ1) is 9.88. The molecule has 0 fully saturated rings. The minimum absolute atomic E-state index is 0.0893. The molecule has 112 valence electrons. The molecule has 0 spiro atoms. The molecule has 2 rings (SSSR count). The monoisotopic (exact) mass is 324 g/mol. The highest BCUT2D eigenvalue weighted by molar-refractivity contribution is 8.00. The van der Waals surface area contributed by atoms with Gasteiger partial charge in [-0.1, -0.05) is 11.6 Å². The van der Waals surface area contributed by atoms with Crippen molar-refractivity contribution in [2.75, 3.05) is 16.8 Å². The number of nitrogens with one attached hydrogen (secondary N) is 1. The van der Waals surface area contributed by atoms with Gasteiger partial charge in [0.2, 0.25) is 5.91 Å². The number of carbonyl (C=O) groups is 1. The van der Waals surface area contributed by atoms with E-state index in [1.54, 1.807) is 16.8 Å². The first-order valence-electron chi connectivity index (χ1n) is 6.36. The molecule has 0 aliphatic heterocycles. The summed E-state index contributed by atoms with van der Waals surface area (Å²) in [5.41, 5.74) is 8.94. The molecule has 0 aliphatic rings. The summed E-state index contributed by atoms with van der Waals surface area (Å²) in [6, 6.07) is 5.25. The van der Waals surface area contributed by atoms with Crippen molar-refractivity contribution in [1.29, 1.82) is 0 Å². The van der Waals surface area contributed by atoms with Crippen LogP contribution in [0.4, 0.5) is 11.4 Å². The van der Waals surface area contributed by atoms with Crippen LogP contribution in [-0.2, 0) is 11.8 Å². The molecule has 0 aliphatic carbocycles. The predicted molar refractivity (Wildman–Crippen MR) is 87.9 cm³/mol. The lowest BCUT2D eigenvalue weighted by atomic mass is 10.3. The Morgan fingerprint density at radius 3 is 2.76 bits per heavy atom. The summed E-state index contributed by atoms with van der Waals surface area (Å²) in [5, 5.41) is 7.74. The van der Waals surface area contributed by atoms with E-state index in [0.717, 1.165) is 22.0 Å². The van der Waals surface area contributed by atoms with Gasteiger partial charge in [-0.15, -0.1) is 11.8 Å². The third-order valence-corrected chi connectivity index (χ3v) is 4.43. The van der Waals surface area contributed by atoms with E-state index in [4.69, 9.17) is 17.3 Å². The van der Waals surface area contributed by atoms with Crippen molar-refractivity contribution in [3.05, 3.63) is 34.6 Å². The lowest BCUT2D eigenvalue weighted by molar-refractivity contribution is -0.113. The van der Waals surface area contributed by atoms with Crippen LogP contribution in [0.15, 0.2) is 23.1 Å². The number of aryl methyl sites for hydroxylation is 2. The van der Waals surface area contributed by atoms with Gasteiger partial charge < -0.3 is 11.1 Å². The van der Waals surface area contributed by atoms with Gasteiger partial charge in [0.1, 0.15) is 0 Å². The Kier molecular flexibility index (Phi) is 4.80. The smallest absolute Gasteiger partial charge is 0.234 e. The van der Waals surface area contributed by atoms with Gasteiger partial charge in [0.05, 0.1) is 22.8 Å². The van der Waals surface area contributed by atoms with Gasteiger partial charge in [-0.05, 0) is 32.0 Å². The number of aromatic nitrogens is 2. The predicted octanol–water partition coefficient (Wildman–Crippen LogP) is 3.00. The highest BCUT2D eigenvalue weighted by Gasteiger charge is 2.13. The van der Waals surface area contributed by atoms with E-state index < -0.39 is 0 Å². The fourth-order valence-corrected chi connectivity index (χ4v) is 2.85. The molecule has 2 aromatic rings. The van der Waals surface area contributed by atoms with Gasteiger partial charge in [-0.2, -0.15) is 5.10 Å². The Hall–Kier alpha value is -1.66. The number of halogens is 1. The van der Waals surface area contributed by atoms with E-state index in [9.17, 15) is 4.79 Å². The molecular formula is C14H17ClN4OS. The van der Waals surface area contributed by atoms with Gasteiger partial charge in [0.25, 0.3) is 0 Å². The lowest BCUT2D eigenvalue weighted by Crippen LogP contribution is -2.15. The molecule has 21 heavy (non-hydrogen) atoms. The van der Waals surface area contributed by atoms with Crippen LogP contribution in [0.1, 0.15) is 11.4 Å². The third kappa shape index (κ3) is 3.71. The van der Waals surface area contributed by atoms with Crippen molar-refractivity contribution in [2.45, 2.75) is 18.7 Å². The van der Waals surface area contributed by atoms with E-state index in [-0.39, 0.29) is 11.7 Å². The Morgan fingerprint density at radius 2 is 2.19 bits per heavy atom. The number of carbonyl (C=O) groups excluding carboxylic acids is 1. The van der Waals surface area contributed by atoms with E-state index in [1.807, 2.05) is 27.0 Å². The number of nitrogens with zero attached hydrogens (tertiary/aromatic N) is 2. The summed E-state index contributed by atoms with van der Waals surface area (Å²) in [4.78, 5) is 12.9. The quantitative estimate of drug-likeness (QED) is 0.670. The number of amides is 1. The highest BCUT2D eigenvalue weighted by atomic mass is 35.5. The average molecular weight is 325 g/mol. The van der Waals surface area contributed by atoms with Crippen LogP contribution in [-0.4, -0.2) is 21.4 Å². The Balaban J connectivity index is 1.99. The second-order valence-electron chi connectivity index (χ2n) is 4.69. The lowest BCUT2D eigenvalue weighted by Gasteiger charge is -2.07. The average Bonchev–Trinajstić information content (AvgIpc) is 2.64. The SMILES string of the molecule is Cc1nn(C)c(C)c1NC(=O)CSc1ccc(Cl)cc1N. The van der Waals surface area contributed by atoms with Gasteiger partial charge >= 0.3 is 0 Å². The van der Waals surface area contributed by atoms with Crippen LogP contribution in [0.25, 0.3) is 0 Å². The Morgan fingerprint density at radius 1 is 1.48 bits per heavy atom. The standard InChI is InChI=1S/C14H17ClN4OS/c1-8-14(9(2)19(3)18-8)17-13(20)7-21-12-5-4-10(15)6-11(12)16/h4-6H,7,16H2,1-3H3,(H,17,20). The molecule has 0 radical (unpaired) electrons. The summed E-state index contributed by atoms with van der Waals surface area (Å²) in [6.45, 7) is 3.78. The van der Waals surface area contributed by atoms with E-state index in [1.165, 1.54) is 11.8 Å². The van der Waals surface area contributed by atoms with E-state index in [0.29, 0.717) is 10.7 Å². The number of hydrogen-bond donors (Lipinski definition) is 2. The third-order valence-electron chi connectivity index (χ3n) is 3.10. The van der Waals surface area contributed by atoms with Crippen molar-refractivity contribution in [3.63, 3.8) is 0 Å². The van der Waals surface area contributed by atoms with Crippen LogP contribution in [0, 0.1) is 13.8 Å². The summed E-state index contributed by atoms with van der Waals surface area (Å²) >= 11 is 7.23. The molecule has 0 saturated heterocycles. The molecule has 0 unspecified atom stereocenters. The fourth-order valence-electron chi connectivity index (χ4n) is 1.92. The summed E-state index contributed by atoms with van der Waals surface area (Å²) in [5.74, 6) is 0.188. The second-order valence-corrected chi connectivity index (χ2v) is 6.14. The van der Waals surface area contributed by atoms with Gasteiger partial charge in [0, 0.05) is 22.7 Å². The number of hydrogen-bond acceptors (Lipinski definition) is 4. The maximum Gasteiger partial charge on any atom is 0.234 e. The molecule has 0 atom stereocenters. The molecule has 0 saturated carbocycles. The maximum atomic E-state index is 12.0. The van der Waals surface area contributed by atoms with Crippen molar-refractivity contribution in [2.24, 2.45) is 7.05 Å². The highest BCUT2D eigenvalue weighted by Crippen LogP contribution is 2.28. The van der Waals surface area contributed by atoms with Crippen LogP contribution in [0.5, 0.6) is 0 Å². The first kappa shape index (κ1) is 15.7. The largest absolute Gasteiger partial charge is 0.398 e. The van der Waals surface area contributed by atoms with Crippen LogP contribution >= 0.6 is 23.4 Å². The van der Waals surface area contributed by atoms with Crippen molar-refractivity contribution < 1.29 is 4.79 Å². The molecule has 1 amide bonds. The van der Waals surface area contributed by atoms with Gasteiger partial charge in [0.15, 0.2) is 0 Å². The van der Waals surface area contributed by atoms with E-state index >= 15 is 0 Å². The zero-order valence-corrected chi connectivity index (χ0v) is 13.7. The molecule has 1 aromatic carbocycles. The molecule has 3 N–H and O–H groups in total. The molecule has 7 heteroatoms. The van der Waals surface area contributed by atoms with E-state index in [2.05, 4.69) is 10.4 Å². The van der Waals surface area contributed by atoms with Crippen LogP contribution in [0.3, 0.4) is 0 Å². The number of anilines is 2. The second kappa shape index (κ2) is 6.41. The zero-order valence-electron chi connectivity index (χ0n) is 12.1. The molecule has 5 nitrogen and oxygen atoms in total. The first-order valence-corrected chi connectivity index (χ1v) is 7.72. The minimum atomic E-state index is -0.0893. The summed E-state index contributed by atoms with van der Waals surface area (Å²) in [6.07, 6.45) is 0. The normalized spacial score (nSPS) is 10.7. The van der Waals surface area contributed by atoms with Crippen LogP contribution < -0.4 is 11.1 Å². The minimum Gasteiger partial charge on any atom is -0.398 e. The molecular weight excluding hydrogens is 308 g/mol. The fraction of sp³-hybridized carbons (Fsp3) is 0.286. The number of benzene rings is 1. The number of nitrogen functional groups attached to an aromatic ring is 1. The van der Waals surface area contributed by atoms with Crippen molar-refractivity contribution >= 4 is 40.6 Å². The Bertz CT molecular complexity index is 684. The van der Waals surface area contributed by atoms with Gasteiger partial charge in [-0.3, -0.25) is 9.48 Å². The molecule has 1 heterocycles. The van der Waals surface area contributed by atoms with Crippen LogP contribution in [0.2, 0.25) is 5.02 Å².